The number of ether oxygens (including phenoxy) is 1. The van der Waals surface area contributed by atoms with E-state index in [4.69, 9.17) is 15.1 Å². The first-order chi connectivity index (χ1) is 6.74. The van der Waals surface area contributed by atoms with Gasteiger partial charge < -0.3 is 15.1 Å². The molecule has 5 heteroatoms. The summed E-state index contributed by atoms with van der Waals surface area (Å²) in [5, 5.41) is 20.4. The Morgan fingerprint density at radius 3 is 2.86 bits per heavy atom. The van der Waals surface area contributed by atoms with Gasteiger partial charge in [-0.1, -0.05) is 5.16 Å². The SMILES string of the molecule is COc1c(C)ncc(CO)c1C=NO. The van der Waals surface area contributed by atoms with Gasteiger partial charge in [0.15, 0.2) is 0 Å². The van der Waals surface area contributed by atoms with Crippen molar-refractivity contribution in [3.63, 3.8) is 0 Å². The van der Waals surface area contributed by atoms with Crippen molar-refractivity contribution in [3.8, 4) is 5.75 Å². The number of rotatable bonds is 3. The lowest BCUT2D eigenvalue weighted by molar-refractivity contribution is 0.280. The number of hydrogen-bond donors (Lipinski definition) is 2. The first-order valence-electron chi connectivity index (χ1n) is 4.05. The minimum Gasteiger partial charge on any atom is -0.494 e. The predicted molar refractivity (Wildman–Crippen MR) is 50.8 cm³/mol. The molecule has 0 atom stereocenters. The summed E-state index contributed by atoms with van der Waals surface area (Å²) in [6.45, 7) is 1.60. The van der Waals surface area contributed by atoms with E-state index in [1.807, 2.05) is 0 Å². The van der Waals surface area contributed by atoms with Crippen LogP contribution in [0.25, 0.3) is 0 Å². The molecule has 0 spiro atoms. The highest BCUT2D eigenvalue weighted by atomic mass is 16.5. The van der Waals surface area contributed by atoms with Gasteiger partial charge in [-0.2, -0.15) is 0 Å². The predicted octanol–water partition coefficient (Wildman–Crippen LogP) is 0.699. The van der Waals surface area contributed by atoms with E-state index in [0.29, 0.717) is 22.6 Å². The monoisotopic (exact) mass is 196 g/mol. The summed E-state index contributed by atoms with van der Waals surface area (Å²) in [4.78, 5) is 4.04. The van der Waals surface area contributed by atoms with Crippen LogP contribution in [0.1, 0.15) is 16.8 Å². The first kappa shape index (κ1) is 10.5. The molecule has 76 valence electrons. The van der Waals surface area contributed by atoms with Crippen LogP contribution >= 0.6 is 0 Å². The van der Waals surface area contributed by atoms with Crippen LogP contribution in [-0.4, -0.2) is 28.6 Å². The molecular weight excluding hydrogens is 184 g/mol. The second-order valence-corrected chi connectivity index (χ2v) is 2.72. The lowest BCUT2D eigenvalue weighted by Gasteiger charge is -2.10. The fraction of sp³-hybridized carbons (Fsp3) is 0.333. The van der Waals surface area contributed by atoms with E-state index in [-0.39, 0.29) is 6.61 Å². The van der Waals surface area contributed by atoms with Crippen molar-refractivity contribution in [1.82, 2.24) is 4.98 Å². The normalized spacial score (nSPS) is 10.8. The van der Waals surface area contributed by atoms with Gasteiger partial charge in [-0.3, -0.25) is 4.98 Å². The quantitative estimate of drug-likeness (QED) is 0.424. The molecule has 0 radical (unpaired) electrons. The Morgan fingerprint density at radius 1 is 1.64 bits per heavy atom. The highest BCUT2D eigenvalue weighted by molar-refractivity contribution is 5.85. The first-order valence-corrected chi connectivity index (χ1v) is 4.05. The Hall–Kier alpha value is -1.62. The minimum atomic E-state index is -0.176. The molecule has 1 rings (SSSR count). The molecule has 2 N–H and O–H groups in total. The van der Waals surface area contributed by atoms with E-state index < -0.39 is 0 Å². The van der Waals surface area contributed by atoms with Gasteiger partial charge in [-0.25, -0.2) is 0 Å². The fourth-order valence-corrected chi connectivity index (χ4v) is 1.23. The molecule has 0 bridgehead atoms. The summed E-state index contributed by atoms with van der Waals surface area (Å²) in [6.07, 6.45) is 2.74. The maximum atomic E-state index is 9.02. The largest absolute Gasteiger partial charge is 0.494 e. The molecule has 0 aliphatic heterocycles. The van der Waals surface area contributed by atoms with Crippen molar-refractivity contribution in [2.75, 3.05) is 7.11 Å². The molecular formula is C9H12N2O3. The molecule has 1 aromatic heterocycles. The molecule has 0 aromatic carbocycles. The van der Waals surface area contributed by atoms with Crippen LogP contribution in [0.4, 0.5) is 0 Å². The summed E-state index contributed by atoms with van der Waals surface area (Å²) in [6, 6.07) is 0. The Balaban J connectivity index is 3.35. The molecule has 0 saturated carbocycles. The number of nitrogens with zero attached hydrogens (tertiary/aromatic N) is 2. The highest BCUT2D eigenvalue weighted by Crippen LogP contribution is 2.23. The van der Waals surface area contributed by atoms with Gasteiger partial charge in [0.2, 0.25) is 0 Å². The molecule has 1 aromatic rings. The molecule has 0 unspecified atom stereocenters. The van der Waals surface area contributed by atoms with Crippen molar-refractivity contribution >= 4 is 6.21 Å². The Labute approximate surface area is 81.7 Å². The van der Waals surface area contributed by atoms with Gasteiger partial charge in [-0.05, 0) is 6.92 Å². The van der Waals surface area contributed by atoms with Gasteiger partial charge in [0.05, 0.1) is 25.6 Å². The lowest BCUT2D eigenvalue weighted by Crippen LogP contribution is -2.02. The molecule has 5 nitrogen and oxygen atoms in total. The zero-order valence-electron chi connectivity index (χ0n) is 8.06. The van der Waals surface area contributed by atoms with Crippen LogP contribution in [0.2, 0.25) is 0 Å². The van der Waals surface area contributed by atoms with Crippen molar-refractivity contribution in [3.05, 3.63) is 23.0 Å². The van der Waals surface area contributed by atoms with Gasteiger partial charge >= 0.3 is 0 Å². The lowest BCUT2D eigenvalue weighted by atomic mass is 10.1. The number of hydrogen-bond acceptors (Lipinski definition) is 5. The number of aliphatic hydroxyl groups excluding tert-OH is 1. The van der Waals surface area contributed by atoms with Crippen molar-refractivity contribution < 1.29 is 15.1 Å². The second-order valence-electron chi connectivity index (χ2n) is 2.72. The zero-order chi connectivity index (χ0) is 10.6. The summed E-state index contributed by atoms with van der Waals surface area (Å²) in [5.41, 5.74) is 1.79. The van der Waals surface area contributed by atoms with Crippen LogP contribution in [0.15, 0.2) is 11.4 Å². The van der Waals surface area contributed by atoms with Gasteiger partial charge in [-0.15, -0.1) is 0 Å². The molecule has 0 aliphatic rings. The van der Waals surface area contributed by atoms with Crippen molar-refractivity contribution in [2.45, 2.75) is 13.5 Å². The fourth-order valence-electron chi connectivity index (χ4n) is 1.23. The smallest absolute Gasteiger partial charge is 0.149 e. The molecule has 14 heavy (non-hydrogen) atoms. The second kappa shape index (κ2) is 4.57. The molecule has 0 amide bonds. The van der Waals surface area contributed by atoms with Gasteiger partial charge in [0.25, 0.3) is 0 Å². The number of oxime groups is 1. The maximum Gasteiger partial charge on any atom is 0.149 e. The number of methoxy groups -OCH3 is 1. The Bertz CT molecular complexity index is 350. The number of aliphatic hydroxyl groups is 1. The standard InChI is InChI=1S/C9H12N2O3/c1-6-9(14-2)8(4-11-13)7(5-12)3-10-6/h3-4,12-13H,5H2,1-2H3. The topological polar surface area (TPSA) is 74.9 Å². The number of aryl methyl sites for hydroxylation is 1. The van der Waals surface area contributed by atoms with Crippen molar-refractivity contribution in [1.29, 1.82) is 0 Å². The third-order valence-electron chi connectivity index (χ3n) is 1.89. The molecule has 0 aliphatic carbocycles. The third-order valence-corrected chi connectivity index (χ3v) is 1.89. The number of aromatic nitrogens is 1. The van der Waals surface area contributed by atoms with E-state index in [1.165, 1.54) is 19.5 Å². The Kier molecular flexibility index (Phi) is 3.41. The molecule has 0 fully saturated rings. The van der Waals surface area contributed by atoms with E-state index >= 15 is 0 Å². The van der Waals surface area contributed by atoms with Crippen LogP contribution in [0.3, 0.4) is 0 Å². The average Bonchev–Trinajstić information content (AvgIpc) is 2.19. The highest BCUT2D eigenvalue weighted by Gasteiger charge is 2.10. The zero-order valence-corrected chi connectivity index (χ0v) is 8.06. The van der Waals surface area contributed by atoms with Gasteiger partial charge in [0, 0.05) is 17.3 Å². The average molecular weight is 196 g/mol. The van der Waals surface area contributed by atoms with Crippen LogP contribution in [0.5, 0.6) is 5.75 Å². The number of pyridine rings is 1. The maximum absolute atomic E-state index is 9.02. The van der Waals surface area contributed by atoms with E-state index in [1.54, 1.807) is 6.92 Å². The summed E-state index contributed by atoms with van der Waals surface area (Å²) < 4.78 is 5.10. The molecule has 1 heterocycles. The van der Waals surface area contributed by atoms with Crippen LogP contribution in [0, 0.1) is 6.92 Å². The van der Waals surface area contributed by atoms with Crippen LogP contribution in [-0.2, 0) is 6.61 Å². The minimum absolute atomic E-state index is 0.176. The third kappa shape index (κ3) is 1.82. The van der Waals surface area contributed by atoms with E-state index in [9.17, 15) is 0 Å². The van der Waals surface area contributed by atoms with E-state index in [2.05, 4.69) is 10.1 Å². The van der Waals surface area contributed by atoms with Crippen molar-refractivity contribution in [2.24, 2.45) is 5.16 Å². The van der Waals surface area contributed by atoms with Crippen LogP contribution < -0.4 is 4.74 Å². The molecule has 0 saturated heterocycles. The summed E-state index contributed by atoms with van der Waals surface area (Å²) in [7, 11) is 1.50. The van der Waals surface area contributed by atoms with E-state index in [0.717, 1.165) is 0 Å². The summed E-state index contributed by atoms with van der Waals surface area (Å²) >= 11 is 0. The van der Waals surface area contributed by atoms with Gasteiger partial charge in [0.1, 0.15) is 5.75 Å². The Morgan fingerprint density at radius 2 is 2.36 bits per heavy atom. The summed E-state index contributed by atoms with van der Waals surface area (Å²) in [5.74, 6) is 0.509.